The summed E-state index contributed by atoms with van der Waals surface area (Å²) in [6.45, 7) is 11.6. The van der Waals surface area contributed by atoms with E-state index in [1.165, 1.54) is 0 Å². The molecule has 0 aromatic heterocycles. The van der Waals surface area contributed by atoms with Crippen molar-refractivity contribution in [3.63, 3.8) is 0 Å². The molecule has 182 valence electrons. The van der Waals surface area contributed by atoms with Gasteiger partial charge in [0, 0.05) is 18.7 Å². The number of rotatable bonds is 11. The van der Waals surface area contributed by atoms with E-state index in [1.807, 2.05) is 37.3 Å². The fraction of sp³-hybridized carbons (Fsp3) is 0.429. The molecule has 1 saturated heterocycles. The van der Waals surface area contributed by atoms with Crippen LogP contribution in [0.3, 0.4) is 0 Å². The molecule has 2 aromatic carbocycles. The smallest absolute Gasteiger partial charge is 0.295 e. The van der Waals surface area contributed by atoms with E-state index in [0.29, 0.717) is 31.0 Å². The number of amides is 1. The number of benzene rings is 2. The van der Waals surface area contributed by atoms with Crippen LogP contribution in [0.15, 0.2) is 54.1 Å². The molecule has 1 fully saturated rings. The largest absolute Gasteiger partial charge is 0.507 e. The van der Waals surface area contributed by atoms with Crippen molar-refractivity contribution < 1.29 is 19.4 Å². The van der Waals surface area contributed by atoms with Crippen LogP contribution >= 0.6 is 0 Å². The molecule has 1 aliphatic heterocycles. The number of nitrogens with zero attached hydrogens (tertiary/aromatic N) is 2. The quantitative estimate of drug-likeness (QED) is 0.221. The number of aliphatic hydroxyl groups excluding tert-OH is 1. The summed E-state index contributed by atoms with van der Waals surface area (Å²) in [6.07, 6.45) is 1.95. The van der Waals surface area contributed by atoms with Crippen LogP contribution in [0.5, 0.6) is 5.75 Å². The Hall–Kier alpha value is -3.12. The van der Waals surface area contributed by atoms with Gasteiger partial charge < -0.3 is 19.6 Å². The molecule has 1 unspecified atom stereocenters. The van der Waals surface area contributed by atoms with E-state index in [2.05, 4.69) is 25.7 Å². The third-order valence-electron chi connectivity index (χ3n) is 6.36. The van der Waals surface area contributed by atoms with Crippen LogP contribution in [0.4, 0.5) is 0 Å². The van der Waals surface area contributed by atoms with Gasteiger partial charge in [0.2, 0.25) is 0 Å². The Labute approximate surface area is 202 Å². The lowest BCUT2D eigenvalue weighted by atomic mass is 9.94. The van der Waals surface area contributed by atoms with Gasteiger partial charge in [0.25, 0.3) is 11.7 Å². The summed E-state index contributed by atoms with van der Waals surface area (Å²) < 4.78 is 5.78. The number of aliphatic hydroxyl groups is 1. The Balaban J connectivity index is 2.03. The zero-order valence-corrected chi connectivity index (χ0v) is 20.7. The van der Waals surface area contributed by atoms with Crippen LogP contribution in [0.2, 0.25) is 0 Å². The summed E-state index contributed by atoms with van der Waals surface area (Å²) in [5, 5.41) is 11.3. The van der Waals surface area contributed by atoms with Gasteiger partial charge in [-0.05, 0) is 44.1 Å². The highest BCUT2D eigenvalue weighted by atomic mass is 16.5. The van der Waals surface area contributed by atoms with Crippen LogP contribution in [-0.4, -0.2) is 59.4 Å². The van der Waals surface area contributed by atoms with E-state index in [4.69, 9.17) is 4.74 Å². The Kier molecular flexibility index (Phi) is 8.88. The lowest BCUT2D eigenvalue weighted by molar-refractivity contribution is -0.140. The van der Waals surface area contributed by atoms with Crippen LogP contribution in [0, 0.1) is 6.92 Å². The molecule has 0 bridgehead atoms. The molecule has 0 aliphatic carbocycles. The molecule has 1 heterocycles. The summed E-state index contributed by atoms with van der Waals surface area (Å²) >= 11 is 0. The van der Waals surface area contributed by atoms with E-state index < -0.39 is 17.7 Å². The number of likely N-dealkylation sites (N-methyl/N-ethyl adjacent to an activating group) is 1. The van der Waals surface area contributed by atoms with E-state index in [9.17, 15) is 14.7 Å². The van der Waals surface area contributed by atoms with Crippen molar-refractivity contribution >= 4 is 17.4 Å². The van der Waals surface area contributed by atoms with Gasteiger partial charge in [-0.3, -0.25) is 9.59 Å². The number of ketones is 1. The second kappa shape index (κ2) is 11.8. The molecule has 0 radical (unpaired) electrons. The average molecular weight is 465 g/mol. The van der Waals surface area contributed by atoms with Gasteiger partial charge in [-0.2, -0.15) is 0 Å². The van der Waals surface area contributed by atoms with E-state index >= 15 is 0 Å². The summed E-state index contributed by atoms with van der Waals surface area (Å²) in [5.74, 6) is -0.773. The standard InChI is InChI=1S/C28H36N2O4/c1-5-8-18-34-23-11-9-10-22(19-23)26(31)24-25(21-14-12-20(4)13-15-21)30(28(33)27(24)32)17-16-29(6-2)7-3/h9-15,19,25,31H,5-8,16-18H2,1-4H3. The SMILES string of the molecule is CCCCOc1cccc(C(O)=C2C(=O)C(=O)N(CCN(CC)CC)C2c2ccc(C)cc2)c1. The lowest BCUT2D eigenvalue weighted by Gasteiger charge is -2.28. The fourth-order valence-corrected chi connectivity index (χ4v) is 4.22. The van der Waals surface area contributed by atoms with Crippen LogP contribution in [0.25, 0.3) is 5.76 Å². The first kappa shape index (κ1) is 25.5. The van der Waals surface area contributed by atoms with E-state index in [-0.39, 0.29) is 11.3 Å². The van der Waals surface area contributed by atoms with Crippen molar-refractivity contribution in [3.05, 3.63) is 70.8 Å². The molecule has 1 atom stereocenters. The third-order valence-corrected chi connectivity index (χ3v) is 6.36. The Bertz CT molecular complexity index is 1020. The number of unbranched alkanes of at least 4 members (excludes halogenated alkanes) is 1. The fourth-order valence-electron chi connectivity index (χ4n) is 4.22. The predicted molar refractivity (Wildman–Crippen MR) is 135 cm³/mol. The van der Waals surface area contributed by atoms with Gasteiger partial charge in [-0.15, -0.1) is 0 Å². The minimum absolute atomic E-state index is 0.124. The second-order valence-electron chi connectivity index (χ2n) is 8.66. The molecule has 2 aromatic rings. The molecule has 34 heavy (non-hydrogen) atoms. The van der Waals surface area contributed by atoms with Crippen LogP contribution < -0.4 is 4.74 Å². The monoisotopic (exact) mass is 464 g/mol. The lowest BCUT2D eigenvalue weighted by Crippen LogP contribution is -2.38. The number of Topliss-reactive ketones (excluding diaryl/α,β-unsaturated/α-hetero) is 1. The molecular weight excluding hydrogens is 428 g/mol. The first-order chi connectivity index (χ1) is 16.4. The van der Waals surface area contributed by atoms with Gasteiger partial charge in [0.15, 0.2) is 0 Å². The Morgan fingerprint density at radius 3 is 2.41 bits per heavy atom. The van der Waals surface area contributed by atoms with Crippen molar-refractivity contribution in [2.24, 2.45) is 0 Å². The molecular formula is C28H36N2O4. The summed E-state index contributed by atoms with van der Waals surface area (Å²) in [4.78, 5) is 30.1. The van der Waals surface area contributed by atoms with Crippen LogP contribution in [-0.2, 0) is 9.59 Å². The maximum atomic E-state index is 13.2. The summed E-state index contributed by atoms with van der Waals surface area (Å²) in [5.41, 5.74) is 2.48. The third kappa shape index (κ3) is 5.68. The molecule has 1 amide bonds. The van der Waals surface area contributed by atoms with E-state index in [0.717, 1.165) is 37.1 Å². The highest BCUT2D eigenvalue weighted by molar-refractivity contribution is 6.46. The number of carbonyl (C=O) groups is 2. The average Bonchev–Trinajstić information content (AvgIpc) is 3.10. The van der Waals surface area contributed by atoms with Gasteiger partial charge in [0.05, 0.1) is 18.2 Å². The van der Waals surface area contributed by atoms with Crippen LogP contribution in [0.1, 0.15) is 56.3 Å². The number of carbonyl (C=O) groups excluding carboxylic acids is 2. The first-order valence-electron chi connectivity index (χ1n) is 12.2. The highest BCUT2D eigenvalue weighted by Crippen LogP contribution is 2.39. The van der Waals surface area contributed by atoms with Gasteiger partial charge in [0.1, 0.15) is 11.5 Å². The highest BCUT2D eigenvalue weighted by Gasteiger charge is 2.45. The molecule has 6 heteroatoms. The Morgan fingerprint density at radius 1 is 1.06 bits per heavy atom. The number of hydrogen-bond donors (Lipinski definition) is 1. The van der Waals surface area contributed by atoms with Gasteiger partial charge in [-0.1, -0.05) is 69.2 Å². The van der Waals surface area contributed by atoms with Crippen molar-refractivity contribution in [1.82, 2.24) is 9.80 Å². The topological polar surface area (TPSA) is 70.1 Å². The normalized spacial score (nSPS) is 17.6. The summed E-state index contributed by atoms with van der Waals surface area (Å²) in [7, 11) is 0. The maximum Gasteiger partial charge on any atom is 0.295 e. The number of hydrogen-bond acceptors (Lipinski definition) is 5. The maximum absolute atomic E-state index is 13.2. The van der Waals surface area contributed by atoms with Crippen molar-refractivity contribution in [1.29, 1.82) is 0 Å². The second-order valence-corrected chi connectivity index (χ2v) is 8.66. The zero-order valence-electron chi connectivity index (χ0n) is 20.7. The zero-order chi connectivity index (χ0) is 24.7. The first-order valence-corrected chi connectivity index (χ1v) is 12.2. The van der Waals surface area contributed by atoms with E-state index in [1.54, 1.807) is 23.1 Å². The Morgan fingerprint density at radius 2 is 1.76 bits per heavy atom. The van der Waals surface area contributed by atoms with Crippen molar-refractivity contribution in [3.8, 4) is 5.75 Å². The molecule has 1 N–H and O–H groups in total. The molecule has 1 aliphatic rings. The van der Waals surface area contributed by atoms with Crippen molar-refractivity contribution in [2.45, 2.75) is 46.6 Å². The van der Waals surface area contributed by atoms with Crippen molar-refractivity contribution in [2.75, 3.05) is 32.8 Å². The number of likely N-dealkylation sites (tertiary alicyclic amines) is 1. The van der Waals surface area contributed by atoms with Gasteiger partial charge in [-0.25, -0.2) is 0 Å². The number of aryl methyl sites for hydroxylation is 1. The number of ether oxygens (including phenoxy) is 1. The molecule has 0 spiro atoms. The molecule has 6 nitrogen and oxygen atoms in total. The van der Waals surface area contributed by atoms with Gasteiger partial charge >= 0.3 is 0 Å². The molecule has 0 saturated carbocycles. The summed E-state index contributed by atoms with van der Waals surface area (Å²) in [6, 6.07) is 14.2. The molecule has 3 rings (SSSR count). The minimum Gasteiger partial charge on any atom is -0.507 e. The minimum atomic E-state index is -0.653. The predicted octanol–water partition coefficient (Wildman–Crippen LogP) is 4.94.